The third-order valence-electron chi connectivity index (χ3n) is 3.36. The molecule has 0 radical (unpaired) electrons. The maximum Gasteiger partial charge on any atom is 0.244 e. The van der Waals surface area contributed by atoms with Crippen LogP contribution in [0.15, 0.2) is 24.7 Å². The molecule has 2 aromatic rings. The maximum atomic E-state index is 11.8. The van der Waals surface area contributed by atoms with Crippen LogP contribution in [0, 0.1) is 6.92 Å². The van der Waals surface area contributed by atoms with Gasteiger partial charge in [0.15, 0.2) is 0 Å². The van der Waals surface area contributed by atoms with Crippen LogP contribution in [0.3, 0.4) is 0 Å². The van der Waals surface area contributed by atoms with Gasteiger partial charge in [0.05, 0.1) is 12.4 Å². The molecule has 0 spiro atoms. The number of rotatable bonds is 6. The molecular weight excluding hydrogens is 266 g/mol. The summed E-state index contributed by atoms with van der Waals surface area (Å²) in [5.74, 6) is -0.122. The van der Waals surface area contributed by atoms with Crippen LogP contribution in [0.25, 0.3) is 6.08 Å². The first kappa shape index (κ1) is 15.0. The van der Waals surface area contributed by atoms with Crippen molar-refractivity contribution in [3.8, 4) is 0 Å². The number of aryl methyl sites for hydroxylation is 2. The Morgan fingerprint density at radius 3 is 2.71 bits per heavy atom. The zero-order chi connectivity index (χ0) is 15.2. The van der Waals surface area contributed by atoms with Crippen molar-refractivity contribution in [2.45, 2.75) is 40.4 Å². The second kappa shape index (κ2) is 6.88. The van der Waals surface area contributed by atoms with Gasteiger partial charge in [0.1, 0.15) is 0 Å². The molecule has 2 aromatic heterocycles. The number of carbonyl (C=O) groups is 1. The molecule has 1 N–H and O–H groups in total. The second-order valence-electron chi connectivity index (χ2n) is 4.75. The fourth-order valence-corrected chi connectivity index (χ4v) is 2.03. The summed E-state index contributed by atoms with van der Waals surface area (Å²) >= 11 is 0. The van der Waals surface area contributed by atoms with Crippen molar-refractivity contribution in [2.24, 2.45) is 0 Å². The monoisotopic (exact) mass is 287 g/mol. The second-order valence-corrected chi connectivity index (χ2v) is 4.75. The molecule has 0 saturated heterocycles. The van der Waals surface area contributed by atoms with Crippen molar-refractivity contribution in [1.82, 2.24) is 24.9 Å². The Labute approximate surface area is 124 Å². The number of nitrogens with one attached hydrogen (secondary N) is 1. The minimum Gasteiger partial charge on any atom is -0.348 e. The smallest absolute Gasteiger partial charge is 0.244 e. The SMILES string of the molecule is CCn1cc(/C=C/C(=O)NCc2cnn(CC)c2C)cn1. The minimum atomic E-state index is -0.122. The Hall–Kier alpha value is -2.37. The Balaban J connectivity index is 1.88. The molecule has 0 unspecified atom stereocenters. The van der Waals surface area contributed by atoms with E-state index in [-0.39, 0.29) is 5.91 Å². The predicted octanol–water partition coefficient (Wildman–Crippen LogP) is 1.76. The molecule has 0 fully saturated rings. The van der Waals surface area contributed by atoms with Crippen molar-refractivity contribution >= 4 is 12.0 Å². The lowest BCUT2D eigenvalue weighted by Crippen LogP contribution is -2.20. The van der Waals surface area contributed by atoms with E-state index in [4.69, 9.17) is 0 Å². The quantitative estimate of drug-likeness (QED) is 0.823. The summed E-state index contributed by atoms with van der Waals surface area (Å²) in [4.78, 5) is 11.8. The van der Waals surface area contributed by atoms with Gasteiger partial charge in [-0.05, 0) is 26.8 Å². The average molecular weight is 287 g/mol. The molecule has 6 nitrogen and oxygen atoms in total. The van der Waals surface area contributed by atoms with Gasteiger partial charge in [-0.3, -0.25) is 14.2 Å². The number of amides is 1. The molecule has 2 heterocycles. The molecule has 0 aliphatic carbocycles. The minimum absolute atomic E-state index is 0.122. The summed E-state index contributed by atoms with van der Waals surface area (Å²) in [7, 11) is 0. The van der Waals surface area contributed by atoms with Gasteiger partial charge < -0.3 is 5.32 Å². The van der Waals surface area contributed by atoms with Gasteiger partial charge in [-0.25, -0.2) is 0 Å². The summed E-state index contributed by atoms with van der Waals surface area (Å²) in [5.41, 5.74) is 3.05. The highest BCUT2D eigenvalue weighted by molar-refractivity contribution is 5.91. The zero-order valence-corrected chi connectivity index (χ0v) is 12.7. The third-order valence-corrected chi connectivity index (χ3v) is 3.36. The van der Waals surface area contributed by atoms with Gasteiger partial charge >= 0.3 is 0 Å². The number of hydrogen-bond acceptors (Lipinski definition) is 3. The average Bonchev–Trinajstić information content (AvgIpc) is 3.09. The molecular formula is C15H21N5O. The van der Waals surface area contributed by atoms with E-state index >= 15 is 0 Å². The number of nitrogens with zero attached hydrogens (tertiary/aromatic N) is 4. The molecule has 0 bridgehead atoms. The number of hydrogen-bond donors (Lipinski definition) is 1. The van der Waals surface area contributed by atoms with Gasteiger partial charge in [0.2, 0.25) is 5.91 Å². The predicted molar refractivity (Wildman–Crippen MR) is 81.4 cm³/mol. The van der Waals surface area contributed by atoms with E-state index in [1.165, 1.54) is 6.08 Å². The van der Waals surface area contributed by atoms with Crippen LogP contribution in [0.2, 0.25) is 0 Å². The standard InChI is InChI=1S/C15H21N5O/c1-4-19-11-13(8-17-19)6-7-15(21)16-9-14-10-18-20(5-2)12(14)3/h6-8,10-11H,4-5,9H2,1-3H3,(H,16,21)/b7-6+. The summed E-state index contributed by atoms with van der Waals surface area (Å²) in [5, 5.41) is 11.3. The molecule has 0 atom stereocenters. The van der Waals surface area contributed by atoms with E-state index in [2.05, 4.69) is 15.5 Å². The molecule has 112 valence electrons. The highest BCUT2D eigenvalue weighted by Gasteiger charge is 2.05. The molecule has 1 amide bonds. The normalized spacial score (nSPS) is 11.2. The van der Waals surface area contributed by atoms with Crippen LogP contribution in [0.4, 0.5) is 0 Å². The summed E-state index contributed by atoms with van der Waals surface area (Å²) in [6.07, 6.45) is 8.73. The molecule has 0 saturated carbocycles. The number of aromatic nitrogens is 4. The van der Waals surface area contributed by atoms with Gasteiger partial charge in [-0.1, -0.05) is 0 Å². The molecule has 0 aromatic carbocycles. The van der Waals surface area contributed by atoms with E-state index in [0.29, 0.717) is 6.54 Å². The fourth-order valence-electron chi connectivity index (χ4n) is 2.03. The van der Waals surface area contributed by atoms with Crippen LogP contribution >= 0.6 is 0 Å². The van der Waals surface area contributed by atoms with Crippen LogP contribution in [0.1, 0.15) is 30.7 Å². The Morgan fingerprint density at radius 2 is 2.10 bits per heavy atom. The lowest BCUT2D eigenvalue weighted by Gasteiger charge is -2.03. The van der Waals surface area contributed by atoms with Crippen molar-refractivity contribution in [3.05, 3.63) is 41.5 Å². The van der Waals surface area contributed by atoms with Crippen LogP contribution in [0.5, 0.6) is 0 Å². The highest BCUT2D eigenvalue weighted by atomic mass is 16.1. The first-order valence-corrected chi connectivity index (χ1v) is 7.13. The van der Waals surface area contributed by atoms with Crippen LogP contribution in [-0.2, 0) is 24.4 Å². The first-order valence-electron chi connectivity index (χ1n) is 7.13. The molecule has 6 heteroatoms. The topological polar surface area (TPSA) is 64.7 Å². The largest absolute Gasteiger partial charge is 0.348 e. The molecule has 21 heavy (non-hydrogen) atoms. The molecule has 0 aliphatic heterocycles. The van der Waals surface area contributed by atoms with E-state index in [1.54, 1.807) is 18.5 Å². The molecule has 2 rings (SSSR count). The van der Waals surface area contributed by atoms with E-state index in [9.17, 15) is 4.79 Å². The Kier molecular flexibility index (Phi) is 4.92. The first-order chi connectivity index (χ1) is 10.1. The van der Waals surface area contributed by atoms with Gasteiger partial charge in [-0.2, -0.15) is 10.2 Å². The van der Waals surface area contributed by atoms with Crippen molar-refractivity contribution in [2.75, 3.05) is 0 Å². The fraction of sp³-hybridized carbons (Fsp3) is 0.400. The lowest BCUT2D eigenvalue weighted by molar-refractivity contribution is -0.116. The van der Waals surface area contributed by atoms with E-state index in [1.807, 2.05) is 36.3 Å². The van der Waals surface area contributed by atoms with E-state index in [0.717, 1.165) is 29.9 Å². The van der Waals surface area contributed by atoms with E-state index < -0.39 is 0 Å². The maximum absolute atomic E-state index is 11.8. The van der Waals surface area contributed by atoms with Crippen molar-refractivity contribution < 1.29 is 4.79 Å². The van der Waals surface area contributed by atoms with Gasteiger partial charge in [0.25, 0.3) is 0 Å². The highest BCUT2D eigenvalue weighted by Crippen LogP contribution is 2.06. The van der Waals surface area contributed by atoms with Gasteiger partial charge in [-0.15, -0.1) is 0 Å². The lowest BCUT2D eigenvalue weighted by atomic mass is 10.2. The third kappa shape index (κ3) is 3.81. The number of carbonyl (C=O) groups excluding carboxylic acids is 1. The summed E-state index contributed by atoms with van der Waals surface area (Å²) < 4.78 is 3.73. The Morgan fingerprint density at radius 1 is 1.29 bits per heavy atom. The molecule has 0 aliphatic rings. The van der Waals surface area contributed by atoms with Crippen LogP contribution < -0.4 is 5.32 Å². The zero-order valence-electron chi connectivity index (χ0n) is 12.7. The Bertz CT molecular complexity index is 638. The van der Waals surface area contributed by atoms with Crippen molar-refractivity contribution in [1.29, 1.82) is 0 Å². The van der Waals surface area contributed by atoms with Crippen molar-refractivity contribution in [3.63, 3.8) is 0 Å². The summed E-state index contributed by atoms with van der Waals surface area (Å²) in [6, 6.07) is 0. The van der Waals surface area contributed by atoms with Crippen LogP contribution in [-0.4, -0.2) is 25.5 Å². The summed E-state index contributed by atoms with van der Waals surface area (Å²) in [6.45, 7) is 8.21. The van der Waals surface area contributed by atoms with Gasteiger partial charge in [0, 0.05) is 48.7 Å².